The quantitative estimate of drug-likeness (QED) is 0.442. The lowest BCUT2D eigenvalue weighted by Gasteiger charge is -2.15. The summed E-state index contributed by atoms with van der Waals surface area (Å²) >= 11 is 0. The van der Waals surface area contributed by atoms with Crippen LogP contribution < -0.4 is 15.2 Å². The Hall–Kier alpha value is -2.51. The summed E-state index contributed by atoms with van der Waals surface area (Å²) in [4.78, 5) is 4.55. The molecule has 0 bridgehead atoms. The molecule has 0 amide bonds. The molecule has 28 heavy (non-hydrogen) atoms. The molecule has 0 aliphatic rings. The number of hydrogen-bond acceptors (Lipinski definition) is 5. The minimum Gasteiger partial charge on any atom is -0.496 e. The molecule has 2 aromatic heterocycles. The molecule has 0 unspecified atom stereocenters. The molecule has 0 atom stereocenters. The van der Waals surface area contributed by atoms with E-state index >= 15 is 0 Å². The van der Waals surface area contributed by atoms with Crippen LogP contribution in [-0.2, 0) is 11.5 Å². The Morgan fingerprint density at radius 2 is 1.71 bits per heavy atom. The van der Waals surface area contributed by atoms with Crippen LogP contribution in [0.15, 0.2) is 36.5 Å². The molecule has 0 fully saturated rings. The number of nitrogens with zero attached hydrogens (tertiary/aromatic N) is 2. The number of nitrogen functional groups attached to an aromatic ring is 1. The third-order valence-electron chi connectivity index (χ3n) is 4.67. The number of anilines is 1. The molecule has 2 heterocycles. The van der Waals surface area contributed by atoms with Crippen molar-refractivity contribution in [2.45, 2.75) is 32.4 Å². The van der Waals surface area contributed by atoms with Gasteiger partial charge in [-0.2, -0.15) is 0 Å². The molecule has 0 aliphatic heterocycles. The van der Waals surface area contributed by atoms with Crippen molar-refractivity contribution in [3.63, 3.8) is 0 Å². The SMILES string of the molecule is COc1cccc(OC)c1-c1cn(COCC[Si](C)(C)C)c2nc(N)ccc12. The molecule has 1 aromatic carbocycles. The van der Waals surface area contributed by atoms with Crippen LogP contribution in [0.4, 0.5) is 5.82 Å². The molecule has 0 saturated carbocycles. The van der Waals surface area contributed by atoms with Crippen LogP contribution in [0.1, 0.15) is 0 Å². The molecule has 0 radical (unpaired) electrons. The highest BCUT2D eigenvalue weighted by Gasteiger charge is 2.19. The van der Waals surface area contributed by atoms with Crippen molar-refractivity contribution in [3.8, 4) is 22.6 Å². The number of aromatic nitrogens is 2. The zero-order chi connectivity index (χ0) is 20.3. The van der Waals surface area contributed by atoms with Gasteiger partial charge in [-0.15, -0.1) is 0 Å². The van der Waals surface area contributed by atoms with Gasteiger partial charge in [-0.25, -0.2) is 4.98 Å². The van der Waals surface area contributed by atoms with E-state index in [-0.39, 0.29) is 0 Å². The van der Waals surface area contributed by atoms with Crippen LogP contribution in [0.3, 0.4) is 0 Å². The van der Waals surface area contributed by atoms with Crippen molar-refractivity contribution >= 4 is 24.9 Å². The van der Waals surface area contributed by atoms with Crippen LogP contribution in [0.2, 0.25) is 25.7 Å². The average Bonchev–Trinajstić information content (AvgIpc) is 3.01. The fourth-order valence-electron chi connectivity index (χ4n) is 3.13. The van der Waals surface area contributed by atoms with Gasteiger partial charge in [0, 0.05) is 31.8 Å². The summed E-state index contributed by atoms with van der Waals surface area (Å²) in [7, 11) is 2.19. The Labute approximate surface area is 167 Å². The van der Waals surface area contributed by atoms with E-state index in [4.69, 9.17) is 19.9 Å². The molecule has 0 aliphatic carbocycles. The summed E-state index contributed by atoms with van der Waals surface area (Å²) in [5, 5.41) is 0.978. The highest BCUT2D eigenvalue weighted by atomic mass is 28.3. The summed E-state index contributed by atoms with van der Waals surface area (Å²) in [6.07, 6.45) is 2.03. The van der Waals surface area contributed by atoms with Crippen LogP contribution in [0.5, 0.6) is 11.5 Å². The molecular weight excluding hydrogens is 370 g/mol. The second kappa shape index (κ2) is 8.24. The fraction of sp³-hybridized carbons (Fsp3) is 0.381. The van der Waals surface area contributed by atoms with Crippen molar-refractivity contribution in [2.75, 3.05) is 26.6 Å². The van der Waals surface area contributed by atoms with E-state index in [2.05, 4.69) is 24.6 Å². The van der Waals surface area contributed by atoms with Crippen LogP contribution in [0, 0.1) is 0 Å². The summed E-state index contributed by atoms with van der Waals surface area (Å²) in [5.74, 6) is 1.97. The highest BCUT2D eigenvalue weighted by molar-refractivity contribution is 6.76. The first-order valence-corrected chi connectivity index (χ1v) is 13.1. The number of benzene rings is 1. The first-order valence-electron chi connectivity index (χ1n) is 9.38. The molecule has 6 nitrogen and oxygen atoms in total. The van der Waals surface area contributed by atoms with Crippen LogP contribution in [0.25, 0.3) is 22.2 Å². The summed E-state index contributed by atoms with van der Waals surface area (Å²) < 4.78 is 19.2. The summed E-state index contributed by atoms with van der Waals surface area (Å²) in [6, 6.07) is 10.7. The van der Waals surface area contributed by atoms with Gasteiger partial charge < -0.3 is 24.5 Å². The standard InChI is InChI=1S/C21H29N3O3Si/c1-25-17-7-6-8-18(26-2)20(17)16-13-24(14-27-11-12-28(3,4)5)21-15(16)9-10-19(22)23-21/h6-10,13H,11-12,14H2,1-5H3,(H2,22,23). The highest BCUT2D eigenvalue weighted by Crippen LogP contribution is 2.42. The van der Waals surface area contributed by atoms with Crippen molar-refractivity contribution in [1.29, 1.82) is 0 Å². The first-order chi connectivity index (χ1) is 13.3. The smallest absolute Gasteiger partial charge is 0.144 e. The van der Waals surface area contributed by atoms with E-state index in [1.54, 1.807) is 14.2 Å². The third-order valence-corrected chi connectivity index (χ3v) is 6.37. The number of pyridine rings is 1. The Kier molecular flexibility index (Phi) is 5.95. The lowest BCUT2D eigenvalue weighted by Crippen LogP contribution is -2.22. The number of ether oxygens (including phenoxy) is 3. The van der Waals surface area contributed by atoms with Crippen molar-refractivity contribution in [2.24, 2.45) is 0 Å². The van der Waals surface area contributed by atoms with Crippen molar-refractivity contribution in [3.05, 3.63) is 36.5 Å². The lowest BCUT2D eigenvalue weighted by atomic mass is 10.0. The van der Waals surface area contributed by atoms with E-state index in [1.807, 2.05) is 41.1 Å². The largest absolute Gasteiger partial charge is 0.496 e. The van der Waals surface area contributed by atoms with Gasteiger partial charge >= 0.3 is 0 Å². The predicted octanol–water partition coefficient (Wildman–Crippen LogP) is 4.62. The molecule has 0 spiro atoms. The van der Waals surface area contributed by atoms with Gasteiger partial charge in [0.1, 0.15) is 29.7 Å². The Morgan fingerprint density at radius 3 is 2.32 bits per heavy atom. The minimum atomic E-state index is -1.13. The minimum absolute atomic E-state index is 0.425. The maximum absolute atomic E-state index is 5.96. The van der Waals surface area contributed by atoms with Crippen molar-refractivity contribution < 1.29 is 14.2 Å². The summed E-state index contributed by atoms with van der Waals surface area (Å²) in [5.41, 5.74) is 8.61. The zero-order valence-electron chi connectivity index (χ0n) is 17.3. The first kappa shape index (κ1) is 20.2. The van der Waals surface area contributed by atoms with Crippen LogP contribution >= 0.6 is 0 Å². The van der Waals surface area contributed by atoms with E-state index in [0.717, 1.165) is 46.3 Å². The topological polar surface area (TPSA) is 71.5 Å². The molecule has 3 rings (SSSR count). The van der Waals surface area contributed by atoms with Gasteiger partial charge in [0.2, 0.25) is 0 Å². The normalized spacial score (nSPS) is 11.8. The number of fused-ring (bicyclic) bond motifs is 1. The molecule has 2 N–H and O–H groups in total. The number of methoxy groups -OCH3 is 2. The number of nitrogens with two attached hydrogens (primary N) is 1. The second-order valence-corrected chi connectivity index (χ2v) is 13.6. The molecule has 150 valence electrons. The van der Waals surface area contributed by atoms with Gasteiger partial charge in [-0.3, -0.25) is 0 Å². The van der Waals surface area contributed by atoms with Gasteiger partial charge in [-0.05, 0) is 30.3 Å². The predicted molar refractivity (Wildman–Crippen MR) is 117 cm³/mol. The zero-order valence-corrected chi connectivity index (χ0v) is 18.3. The molecule has 0 saturated heterocycles. The molecule has 7 heteroatoms. The van der Waals surface area contributed by atoms with Gasteiger partial charge in [0.25, 0.3) is 0 Å². The fourth-order valence-corrected chi connectivity index (χ4v) is 3.89. The molecule has 3 aromatic rings. The van der Waals surface area contributed by atoms with E-state index in [0.29, 0.717) is 12.5 Å². The third kappa shape index (κ3) is 4.31. The van der Waals surface area contributed by atoms with Gasteiger partial charge in [-0.1, -0.05) is 25.7 Å². The van der Waals surface area contributed by atoms with E-state index < -0.39 is 8.07 Å². The van der Waals surface area contributed by atoms with Crippen molar-refractivity contribution in [1.82, 2.24) is 9.55 Å². The number of hydrogen-bond donors (Lipinski definition) is 1. The second-order valence-electron chi connectivity index (χ2n) is 8.01. The van der Waals surface area contributed by atoms with Gasteiger partial charge in [0.15, 0.2) is 0 Å². The monoisotopic (exact) mass is 399 g/mol. The Morgan fingerprint density at radius 1 is 1.04 bits per heavy atom. The molecular formula is C21H29N3O3Si. The van der Waals surface area contributed by atoms with Crippen LogP contribution in [-0.4, -0.2) is 38.5 Å². The number of rotatable bonds is 8. The van der Waals surface area contributed by atoms with E-state index in [1.165, 1.54) is 0 Å². The van der Waals surface area contributed by atoms with E-state index in [9.17, 15) is 0 Å². The Bertz CT molecular complexity index is 941. The Balaban J connectivity index is 2.03. The lowest BCUT2D eigenvalue weighted by molar-refractivity contribution is 0.0899. The average molecular weight is 400 g/mol. The maximum Gasteiger partial charge on any atom is 0.144 e. The van der Waals surface area contributed by atoms with Gasteiger partial charge in [0.05, 0.1) is 19.8 Å². The summed E-state index contributed by atoms with van der Waals surface area (Å²) in [6.45, 7) is 8.20. The maximum atomic E-state index is 5.96.